The van der Waals surface area contributed by atoms with E-state index < -0.39 is 41.7 Å². The predicted molar refractivity (Wildman–Crippen MR) is 44.8 cm³/mol. The number of alkyl halides is 5. The molecule has 1 rings (SSSR count). The summed E-state index contributed by atoms with van der Waals surface area (Å²) in [5, 5.41) is 17.3. The van der Waals surface area contributed by atoms with Crippen molar-refractivity contribution in [2.45, 2.75) is 19.2 Å². The van der Waals surface area contributed by atoms with E-state index in [1.807, 2.05) is 0 Å². The van der Waals surface area contributed by atoms with E-state index in [1.165, 1.54) is 6.07 Å². The monoisotopic (exact) mass is 252 g/mol. The number of aliphatic hydroxyl groups is 1. The van der Waals surface area contributed by atoms with Gasteiger partial charge in [-0.15, -0.1) is 0 Å². The van der Waals surface area contributed by atoms with Gasteiger partial charge in [-0.25, -0.2) is 13.8 Å². The highest BCUT2D eigenvalue weighted by Gasteiger charge is 2.35. The van der Waals surface area contributed by atoms with Gasteiger partial charge in [-0.2, -0.15) is 18.4 Å². The third-order valence-electron chi connectivity index (χ3n) is 1.91. The van der Waals surface area contributed by atoms with Crippen LogP contribution in [0, 0.1) is 11.3 Å². The van der Waals surface area contributed by atoms with Gasteiger partial charge in [0.2, 0.25) is 0 Å². The van der Waals surface area contributed by atoms with Crippen molar-refractivity contribution in [3.05, 3.63) is 28.6 Å². The average Bonchev–Trinajstić information content (AvgIpc) is 2.25. The minimum absolute atomic E-state index is 0.379. The molecule has 0 radical (unpaired) electrons. The van der Waals surface area contributed by atoms with E-state index in [0.717, 1.165) is 0 Å². The molecule has 17 heavy (non-hydrogen) atoms. The second-order valence-electron chi connectivity index (χ2n) is 3.00. The van der Waals surface area contributed by atoms with Crippen LogP contribution in [-0.4, -0.2) is 10.1 Å². The van der Waals surface area contributed by atoms with Crippen molar-refractivity contribution in [2.24, 2.45) is 0 Å². The number of pyridine rings is 1. The third-order valence-corrected chi connectivity index (χ3v) is 1.91. The summed E-state index contributed by atoms with van der Waals surface area (Å²) < 4.78 is 61.8. The van der Waals surface area contributed by atoms with Gasteiger partial charge in [-0.3, -0.25) is 0 Å². The van der Waals surface area contributed by atoms with Crippen LogP contribution in [0.4, 0.5) is 22.0 Å². The zero-order valence-electron chi connectivity index (χ0n) is 8.09. The molecule has 1 heterocycles. The molecule has 1 aromatic heterocycles. The molecule has 0 spiro atoms. The Morgan fingerprint density at radius 3 is 2.35 bits per heavy atom. The molecule has 0 fully saturated rings. The Balaban J connectivity index is 3.53. The fraction of sp³-hybridized carbons (Fsp3) is 0.333. The molecule has 1 aromatic rings. The summed E-state index contributed by atoms with van der Waals surface area (Å²) in [6.45, 7) is -0.950. The summed E-state index contributed by atoms with van der Waals surface area (Å²) in [6, 6.07) is 1.68. The molecule has 0 aliphatic heterocycles. The molecule has 0 saturated heterocycles. The SMILES string of the molecule is N#Cc1c(CO)cc(C(F)(F)F)nc1C(F)F. The van der Waals surface area contributed by atoms with E-state index in [9.17, 15) is 22.0 Å². The van der Waals surface area contributed by atoms with Crippen LogP contribution in [0.15, 0.2) is 6.07 Å². The first-order valence-corrected chi connectivity index (χ1v) is 4.21. The van der Waals surface area contributed by atoms with Crippen molar-refractivity contribution in [2.75, 3.05) is 0 Å². The maximum atomic E-state index is 12.4. The van der Waals surface area contributed by atoms with Gasteiger partial charge in [0.15, 0.2) is 0 Å². The topological polar surface area (TPSA) is 56.9 Å². The fourth-order valence-corrected chi connectivity index (χ4v) is 1.18. The van der Waals surface area contributed by atoms with Crippen LogP contribution >= 0.6 is 0 Å². The van der Waals surface area contributed by atoms with Crippen molar-refractivity contribution in [1.82, 2.24) is 4.98 Å². The summed E-state index contributed by atoms with van der Waals surface area (Å²) in [7, 11) is 0. The Morgan fingerprint density at radius 2 is 2.00 bits per heavy atom. The van der Waals surface area contributed by atoms with Crippen LogP contribution in [0.2, 0.25) is 0 Å². The normalized spacial score (nSPS) is 11.6. The second-order valence-corrected chi connectivity index (χ2v) is 3.00. The third kappa shape index (κ3) is 2.68. The Kier molecular flexibility index (Phi) is 3.63. The van der Waals surface area contributed by atoms with E-state index in [4.69, 9.17) is 10.4 Å². The summed E-state index contributed by atoms with van der Waals surface area (Å²) in [4.78, 5) is 2.71. The number of aromatic nitrogens is 1. The summed E-state index contributed by atoms with van der Waals surface area (Å²) in [5.74, 6) is 0. The summed E-state index contributed by atoms with van der Waals surface area (Å²) in [5.41, 5.74) is -4.08. The minimum atomic E-state index is -4.92. The lowest BCUT2D eigenvalue weighted by molar-refractivity contribution is -0.141. The van der Waals surface area contributed by atoms with E-state index in [-0.39, 0.29) is 0 Å². The van der Waals surface area contributed by atoms with E-state index >= 15 is 0 Å². The second kappa shape index (κ2) is 4.63. The van der Waals surface area contributed by atoms with Crippen LogP contribution in [0.5, 0.6) is 0 Å². The molecule has 0 unspecified atom stereocenters. The highest BCUT2D eigenvalue weighted by atomic mass is 19.4. The first-order valence-electron chi connectivity index (χ1n) is 4.21. The zero-order chi connectivity index (χ0) is 13.2. The molecule has 0 atom stereocenters. The molecular formula is C9H5F5N2O. The Morgan fingerprint density at radius 1 is 1.41 bits per heavy atom. The standard InChI is InChI=1S/C9H5F5N2O/c10-8(11)7-5(2-15)4(3-17)1-6(16-7)9(12,13)14/h1,8,17H,3H2. The van der Waals surface area contributed by atoms with E-state index in [1.54, 1.807) is 0 Å². The average molecular weight is 252 g/mol. The number of halogens is 5. The van der Waals surface area contributed by atoms with Crippen molar-refractivity contribution >= 4 is 0 Å². The molecule has 0 saturated carbocycles. The molecule has 8 heteroatoms. The molecule has 0 amide bonds. The predicted octanol–water partition coefficient (Wildman–Crippen LogP) is 2.40. The van der Waals surface area contributed by atoms with Crippen LogP contribution < -0.4 is 0 Å². The number of nitriles is 1. The fourth-order valence-electron chi connectivity index (χ4n) is 1.18. The number of hydrogen-bond donors (Lipinski definition) is 1. The number of aliphatic hydroxyl groups excluding tert-OH is 1. The van der Waals surface area contributed by atoms with Gasteiger partial charge in [-0.05, 0) is 11.6 Å². The van der Waals surface area contributed by atoms with Gasteiger partial charge in [0.05, 0.1) is 12.2 Å². The Bertz CT molecular complexity index is 464. The zero-order valence-corrected chi connectivity index (χ0v) is 8.09. The molecule has 0 aromatic carbocycles. The number of rotatable bonds is 2. The minimum Gasteiger partial charge on any atom is -0.392 e. The quantitative estimate of drug-likeness (QED) is 0.822. The highest BCUT2D eigenvalue weighted by molar-refractivity contribution is 5.43. The summed E-state index contributed by atoms with van der Waals surface area (Å²) >= 11 is 0. The Hall–Kier alpha value is -1.75. The lowest BCUT2D eigenvalue weighted by Gasteiger charge is -2.11. The van der Waals surface area contributed by atoms with Gasteiger partial charge in [0.25, 0.3) is 6.43 Å². The molecule has 0 bridgehead atoms. The van der Waals surface area contributed by atoms with Gasteiger partial charge >= 0.3 is 6.18 Å². The Labute approximate surface area is 92.1 Å². The van der Waals surface area contributed by atoms with Crippen LogP contribution in [0.3, 0.4) is 0 Å². The van der Waals surface area contributed by atoms with Crippen molar-refractivity contribution in [1.29, 1.82) is 5.26 Å². The van der Waals surface area contributed by atoms with E-state index in [0.29, 0.717) is 6.07 Å². The lowest BCUT2D eigenvalue weighted by atomic mass is 10.1. The first kappa shape index (κ1) is 13.3. The molecule has 3 nitrogen and oxygen atoms in total. The molecule has 1 N–H and O–H groups in total. The van der Waals surface area contributed by atoms with Crippen LogP contribution in [0.1, 0.15) is 28.9 Å². The molecule has 92 valence electrons. The first-order chi connectivity index (χ1) is 7.81. The van der Waals surface area contributed by atoms with Crippen molar-refractivity contribution < 1.29 is 27.1 Å². The number of nitrogens with zero attached hydrogens (tertiary/aromatic N) is 2. The van der Waals surface area contributed by atoms with Gasteiger partial charge in [0, 0.05) is 0 Å². The smallest absolute Gasteiger partial charge is 0.392 e. The van der Waals surface area contributed by atoms with Crippen molar-refractivity contribution in [3.63, 3.8) is 0 Å². The van der Waals surface area contributed by atoms with Gasteiger partial charge in [-0.1, -0.05) is 0 Å². The van der Waals surface area contributed by atoms with Gasteiger partial charge in [0.1, 0.15) is 17.5 Å². The van der Waals surface area contributed by atoms with Gasteiger partial charge < -0.3 is 5.11 Å². The lowest BCUT2D eigenvalue weighted by Crippen LogP contribution is -2.13. The maximum absolute atomic E-state index is 12.4. The maximum Gasteiger partial charge on any atom is 0.433 e. The number of hydrogen-bond acceptors (Lipinski definition) is 3. The highest BCUT2D eigenvalue weighted by Crippen LogP contribution is 2.32. The molecule has 0 aliphatic carbocycles. The van der Waals surface area contributed by atoms with Crippen LogP contribution in [-0.2, 0) is 12.8 Å². The largest absolute Gasteiger partial charge is 0.433 e. The van der Waals surface area contributed by atoms with E-state index in [2.05, 4.69) is 4.98 Å². The summed E-state index contributed by atoms with van der Waals surface area (Å²) in [6.07, 6.45) is -8.24. The molecule has 0 aliphatic rings. The molecular weight excluding hydrogens is 247 g/mol. The van der Waals surface area contributed by atoms with Crippen molar-refractivity contribution in [3.8, 4) is 6.07 Å². The van der Waals surface area contributed by atoms with Crippen LogP contribution in [0.25, 0.3) is 0 Å².